The lowest BCUT2D eigenvalue weighted by Crippen LogP contribution is -2.61. The normalized spacial score (nSPS) is 14.5. The van der Waals surface area contributed by atoms with Gasteiger partial charge in [0, 0.05) is 57.5 Å². The first-order valence-electron chi connectivity index (χ1n) is 20.7. The largest absolute Gasteiger partial charge is 0.473 e. The van der Waals surface area contributed by atoms with E-state index in [0.29, 0.717) is 0 Å². The van der Waals surface area contributed by atoms with E-state index in [1.54, 1.807) is 0 Å². The Balaban J connectivity index is 1.21. The number of rotatable bonds is 5. The Morgan fingerprint density at radius 2 is 1.05 bits per heavy atom. The van der Waals surface area contributed by atoms with Gasteiger partial charge in [0.1, 0.15) is 5.76 Å². The highest BCUT2D eigenvalue weighted by Crippen LogP contribution is 2.48. The van der Waals surface area contributed by atoms with E-state index >= 15 is 0 Å². The first-order chi connectivity index (χ1) is 27.6. The summed E-state index contributed by atoms with van der Waals surface area (Å²) in [7, 11) is 0. The van der Waals surface area contributed by atoms with E-state index in [2.05, 4.69) is 202 Å². The fourth-order valence-corrected chi connectivity index (χ4v) is 9.39. The van der Waals surface area contributed by atoms with E-state index in [1.807, 2.05) is 0 Å². The molecule has 0 saturated carbocycles. The molecule has 3 aliphatic rings. The summed E-state index contributed by atoms with van der Waals surface area (Å²) >= 11 is 0. The van der Waals surface area contributed by atoms with Crippen molar-refractivity contribution >= 4 is 74.5 Å². The van der Waals surface area contributed by atoms with Crippen LogP contribution in [0.3, 0.4) is 0 Å². The number of hydrogen-bond acceptors (Lipinski definition) is 4. The quantitative estimate of drug-likeness (QED) is 0.164. The predicted octanol–water partition coefficient (Wildman–Crippen LogP) is 12.3. The zero-order valence-electron chi connectivity index (χ0n) is 34.0. The van der Waals surface area contributed by atoms with Crippen LogP contribution in [0.2, 0.25) is 0 Å². The van der Waals surface area contributed by atoms with Crippen LogP contribution in [0.5, 0.6) is 0 Å². The van der Waals surface area contributed by atoms with Gasteiger partial charge in [-0.1, -0.05) is 114 Å². The highest BCUT2D eigenvalue weighted by atomic mass is 16.3. The van der Waals surface area contributed by atoms with Gasteiger partial charge in [0.2, 0.25) is 0 Å². The van der Waals surface area contributed by atoms with Crippen molar-refractivity contribution in [3.63, 3.8) is 0 Å². The second-order valence-corrected chi connectivity index (χ2v) is 18.1. The number of furan rings is 1. The zero-order valence-corrected chi connectivity index (χ0v) is 34.0. The first kappa shape index (κ1) is 35.5. The molecular formula is C52H50BN3O. The smallest absolute Gasteiger partial charge is 0.297 e. The molecule has 1 aliphatic carbocycles. The highest BCUT2D eigenvalue weighted by Gasteiger charge is 2.47. The second-order valence-electron chi connectivity index (χ2n) is 18.1. The monoisotopic (exact) mass is 743 g/mol. The molecule has 0 fully saturated rings. The molecule has 0 N–H and O–H groups in total. The van der Waals surface area contributed by atoms with E-state index < -0.39 is 0 Å². The molecule has 0 bridgehead atoms. The Labute approximate surface area is 338 Å². The van der Waals surface area contributed by atoms with Crippen molar-refractivity contribution in [1.82, 2.24) is 0 Å². The van der Waals surface area contributed by atoms with Crippen LogP contribution in [0, 0.1) is 0 Å². The minimum Gasteiger partial charge on any atom is -0.473 e. The van der Waals surface area contributed by atoms with Gasteiger partial charge in [-0.2, -0.15) is 0 Å². The van der Waals surface area contributed by atoms with Gasteiger partial charge in [0.25, 0.3) is 6.71 Å². The van der Waals surface area contributed by atoms with E-state index in [0.717, 1.165) is 52.7 Å². The zero-order chi connectivity index (χ0) is 39.1. The summed E-state index contributed by atoms with van der Waals surface area (Å²) in [5, 5.41) is 0. The Bertz CT molecular complexity index is 2540. The molecule has 5 heteroatoms. The van der Waals surface area contributed by atoms with Crippen LogP contribution in [0.4, 0.5) is 51.2 Å². The molecule has 0 unspecified atom stereocenters. The average Bonchev–Trinajstić information content (AvgIpc) is 3.60. The van der Waals surface area contributed by atoms with Gasteiger partial charge < -0.3 is 19.1 Å². The van der Waals surface area contributed by atoms with Crippen LogP contribution in [0.25, 0.3) is 0 Å². The Hall–Kier alpha value is -5.94. The lowest BCUT2D eigenvalue weighted by Gasteiger charge is -2.43. The van der Waals surface area contributed by atoms with Gasteiger partial charge in [-0.05, 0) is 125 Å². The average molecular weight is 744 g/mol. The molecule has 7 aromatic rings. The standard InChI is InChI=1S/C52H50BN3O/c1-51(2,3)35-24-28-39(29-25-35)54(40-30-26-36(27-31-40)52(4,5)6)41-32-33-43-46(34-41)55(37-16-9-7-10-17-37)44-21-15-22-45-48(44)53(43)50-49(42-20-13-14-23-47(42)57-50)56(45)38-18-11-8-12-19-38/h7-12,15-19,21-22,24-34H,13-14,20,23H2,1-6H3. The van der Waals surface area contributed by atoms with E-state index in [-0.39, 0.29) is 17.5 Å². The van der Waals surface area contributed by atoms with E-state index in [4.69, 9.17) is 4.42 Å². The third-order valence-electron chi connectivity index (χ3n) is 12.3. The number of hydrogen-bond donors (Lipinski definition) is 0. The van der Waals surface area contributed by atoms with Crippen LogP contribution >= 0.6 is 0 Å². The molecular weight excluding hydrogens is 693 g/mol. The van der Waals surface area contributed by atoms with E-state index in [9.17, 15) is 0 Å². The molecule has 0 radical (unpaired) electrons. The Morgan fingerprint density at radius 1 is 0.526 bits per heavy atom. The fraction of sp³-hybridized carbons (Fsp3) is 0.231. The van der Waals surface area contributed by atoms with Gasteiger partial charge in [-0.15, -0.1) is 0 Å². The lowest BCUT2D eigenvalue weighted by molar-refractivity contribution is 0.497. The van der Waals surface area contributed by atoms with Gasteiger partial charge in [-0.3, -0.25) is 0 Å². The van der Waals surface area contributed by atoms with Gasteiger partial charge in [-0.25, -0.2) is 0 Å². The molecule has 282 valence electrons. The number of anilines is 9. The van der Waals surface area contributed by atoms with Crippen molar-refractivity contribution < 1.29 is 4.42 Å². The van der Waals surface area contributed by atoms with Crippen LogP contribution in [0.1, 0.15) is 76.8 Å². The Morgan fingerprint density at radius 3 is 1.63 bits per heavy atom. The summed E-state index contributed by atoms with van der Waals surface area (Å²) in [5.74, 6) is 1.16. The van der Waals surface area contributed by atoms with Crippen LogP contribution in [-0.4, -0.2) is 6.71 Å². The molecule has 0 saturated heterocycles. The van der Waals surface area contributed by atoms with Crippen molar-refractivity contribution in [3.8, 4) is 0 Å². The Kier molecular flexibility index (Phi) is 8.30. The maximum absolute atomic E-state index is 7.15. The summed E-state index contributed by atoms with van der Waals surface area (Å²) in [6, 6.07) is 54.0. The van der Waals surface area contributed by atoms with Gasteiger partial charge >= 0.3 is 0 Å². The molecule has 2 aliphatic heterocycles. The molecule has 4 nitrogen and oxygen atoms in total. The van der Waals surface area contributed by atoms with Crippen molar-refractivity contribution in [2.24, 2.45) is 0 Å². The van der Waals surface area contributed by atoms with Gasteiger partial charge in [0.15, 0.2) is 0 Å². The number of aryl methyl sites for hydroxylation is 1. The van der Waals surface area contributed by atoms with Crippen molar-refractivity contribution in [2.45, 2.75) is 78.1 Å². The van der Waals surface area contributed by atoms with Crippen LogP contribution in [0.15, 0.2) is 150 Å². The van der Waals surface area contributed by atoms with Crippen molar-refractivity contribution in [2.75, 3.05) is 14.7 Å². The third-order valence-corrected chi connectivity index (χ3v) is 12.3. The SMILES string of the molecule is CC(C)(C)c1ccc(N(c2ccc(C(C)(C)C)cc2)c2ccc3c(c2)N(c2ccccc2)c2cccc4c2B3c2oc3c(c2N4c2ccccc2)CCCC3)cc1. The molecule has 0 atom stereocenters. The predicted molar refractivity (Wildman–Crippen MR) is 241 cm³/mol. The van der Waals surface area contributed by atoms with Crippen LogP contribution in [-0.2, 0) is 23.7 Å². The maximum atomic E-state index is 7.15. The first-order valence-corrected chi connectivity index (χ1v) is 20.7. The summed E-state index contributed by atoms with van der Waals surface area (Å²) in [5.41, 5.74) is 18.3. The number of nitrogens with zero attached hydrogens (tertiary/aromatic N) is 3. The number of fused-ring (bicyclic) bond motifs is 6. The summed E-state index contributed by atoms with van der Waals surface area (Å²) in [6.45, 7) is 13.6. The van der Waals surface area contributed by atoms with Crippen LogP contribution < -0.4 is 31.3 Å². The van der Waals surface area contributed by atoms with Crippen molar-refractivity contribution in [1.29, 1.82) is 0 Å². The van der Waals surface area contributed by atoms with Crippen molar-refractivity contribution in [3.05, 3.63) is 168 Å². The molecule has 3 heterocycles. The van der Waals surface area contributed by atoms with E-state index in [1.165, 1.54) is 63.2 Å². The lowest BCUT2D eigenvalue weighted by atomic mass is 9.35. The fourth-order valence-electron chi connectivity index (χ4n) is 9.39. The minimum absolute atomic E-state index is 0.0497. The molecule has 0 spiro atoms. The second kappa shape index (κ2) is 13.3. The third kappa shape index (κ3) is 5.90. The summed E-state index contributed by atoms with van der Waals surface area (Å²) in [6.07, 6.45) is 4.38. The van der Waals surface area contributed by atoms with Gasteiger partial charge in [0.05, 0.1) is 11.3 Å². The molecule has 57 heavy (non-hydrogen) atoms. The topological polar surface area (TPSA) is 22.9 Å². The molecule has 6 aromatic carbocycles. The summed E-state index contributed by atoms with van der Waals surface area (Å²) < 4.78 is 7.15. The number of para-hydroxylation sites is 2. The summed E-state index contributed by atoms with van der Waals surface area (Å²) in [4.78, 5) is 7.39. The minimum atomic E-state index is -0.0497. The number of benzene rings is 6. The molecule has 1 aromatic heterocycles. The molecule has 10 rings (SSSR count). The maximum Gasteiger partial charge on any atom is 0.297 e. The molecule has 0 amide bonds. The highest BCUT2D eigenvalue weighted by molar-refractivity contribution is 6.99.